The molecule has 7 heteroatoms. The Balaban J connectivity index is 1.32. The lowest BCUT2D eigenvalue weighted by Gasteiger charge is -2.55. The van der Waals surface area contributed by atoms with Crippen molar-refractivity contribution >= 4 is 11.4 Å². The zero-order valence-electron chi connectivity index (χ0n) is 16.8. The van der Waals surface area contributed by atoms with Gasteiger partial charge in [-0.05, 0) is 56.1 Å². The summed E-state index contributed by atoms with van der Waals surface area (Å²) in [6.45, 7) is 4.96. The van der Waals surface area contributed by atoms with Gasteiger partial charge in [0, 0.05) is 26.2 Å². The van der Waals surface area contributed by atoms with Crippen LogP contribution in [-0.2, 0) is 4.74 Å². The standard InChI is InChI=1S/C22H30F3N3O/c23-22(24,25)17-5-6-20(15-17)8-11-27(12-9-20)18-3-1-2-4-19(18)28-13-14-29-16-21(28)7-10-26-21/h1-4,17,26H,5-16H2. The molecule has 1 N–H and O–H groups in total. The Morgan fingerprint density at radius 1 is 1.00 bits per heavy atom. The number of hydrogen-bond donors (Lipinski definition) is 1. The molecule has 160 valence electrons. The fourth-order valence-corrected chi connectivity index (χ4v) is 5.93. The van der Waals surface area contributed by atoms with Crippen LogP contribution < -0.4 is 15.1 Å². The summed E-state index contributed by atoms with van der Waals surface area (Å²) < 4.78 is 45.3. The summed E-state index contributed by atoms with van der Waals surface area (Å²) >= 11 is 0. The van der Waals surface area contributed by atoms with E-state index in [0.29, 0.717) is 19.4 Å². The highest BCUT2D eigenvalue weighted by Gasteiger charge is 2.51. The summed E-state index contributed by atoms with van der Waals surface area (Å²) in [5.74, 6) is -1.10. The minimum absolute atomic E-state index is 0.100. The SMILES string of the molecule is FC(F)(F)C1CCC2(CCN(c3ccccc3N3CCOCC34CCN4)CC2)C1. The van der Waals surface area contributed by atoms with E-state index in [9.17, 15) is 13.2 Å². The molecule has 1 saturated carbocycles. The average Bonchev–Trinajstić information content (AvgIpc) is 3.11. The molecule has 2 spiro atoms. The van der Waals surface area contributed by atoms with E-state index in [2.05, 4.69) is 39.4 Å². The van der Waals surface area contributed by atoms with Crippen LogP contribution in [0.5, 0.6) is 0 Å². The molecule has 2 unspecified atom stereocenters. The number of anilines is 2. The first-order valence-electron chi connectivity index (χ1n) is 10.9. The number of hydrogen-bond acceptors (Lipinski definition) is 4. The van der Waals surface area contributed by atoms with Crippen LogP contribution in [0, 0.1) is 11.3 Å². The third-order valence-electron chi connectivity index (χ3n) is 7.81. The number of benzene rings is 1. The molecule has 0 aromatic heterocycles. The van der Waals surface area contributed by atoms with Gasteiger partial charge in [-0.1, -0.05) is 12.1 Å². The van der Waals surface area contributed by atoms with Crippen molar-refractivity contribution < 1.29 is 17.9 Å². The van der Waals surface area contributed by atoms with Gasteiger partial charge in [0.1, 0.15) is 5.66 Å². The van der Waals surface area contributed by atoms with Crippen molar-refractivity contribution in [2.75, 3.05) is 49.2 Å². The van der Waals surface area contributed by atoms with E-state index in [1.807, 2.05) is 0 Å². The number of morpholine rings is 1. The van der Waals surface area contributed by atoms with E-state index in [-0.39, 0.29) is 11.1 Å². The molecular formula is C22H30F3N3O. The van der Waals surface area contributed by atoms with Crippen LogP contribution >= 0.6 is 0 Å². The predicted molar refractivity (Wildman–Crippen MR) is 107 cm³/mol. The Morgan fingerprint density at radius 2 is 1.72 bits per heavy atom. The van der Waals surface area contributed by atoms with Crippen molar-refractivity contribution in [3.8, 4) is 0 Å². The molecule has 3 heterocycles. The van der Waals surface area contributed by atoms with E-state index >= 15 is 0 Å². The first-order valence-corrected chi connectivity index (χ1v) is 10.9. The summed E-state index contributed by atoms with van der Waals surface area (Å²) in [6.07, 6.45) is 0.117. The molecule has 3 saturated heterocycles. The quantitative estimate of drug-likeness (QED) is 0.794. The maximum absolute atomic E-state index is 13.2. The van der Waals surface area contributed by atoms with Crippen LogP contribution in [-0.4, -0.2) is 51.2 Å². The van der Waals surface area contributed by atoms with Crippen LogP contribution in [0.1, 0.15) is 38.5 Å². The summed E-state index contributed by atoms with van der Waals surface area (Å²) in [5.41, 5.74) is 2.22. The van der Waals surface area contributed by atoms with Crippen molar-refractivity contribution in [2.24, 2.45) is 11.3 Å². The fraction of sp³-hybridized carbons (Fsp3) is 0.727. The lowest BCUT2D eigenvalue weighted by Crippen LogP contribution is -2.73. The van der Waals surface area contributed by atoms with E-state index in [4.69, 9.17) is 4.74 Å². The van der Waals surface area contributed by atoms with Gasteiger partial charge in [0.05, 0.1) is 30.5 Å². The Bertz CT molecular complexity index is 741. The van der Waals surface area contributed by atoms with Crippen LogP contribution in [0.15, 0.2) is 24.3 Å². The molecule has 5 rings (SSSR count). The van der Waals surface area contributed by atoms with Crippen LogP contribution in [0.4, 0.5) is 24.5 Å². The summed E-state index contributed by atoms with van der Waals surface area (Å²) in [6, 6.07) is 8.50. The maximum atomic E-state index is 13.2. The molecule has 4 nitrogen and oxygen atoms in total. The van der Waals surface area contributed by atoms with Crippen molar-refractivity contribution in [1.82, 2.24) is 5.32 Å². The number of rotatable bonds is 2. The second-order valence-electron chi connectivity index (χ2n) is 9.37. The van der Waals surface area contributed by atoms with Gasteiger partial charge in [-0.25, -0.2) is 0 Å². The molecule has 0 amide bonds. The van der Waals surface area contributed by atoms with Gasteiger partial charge >= 0.3 is 6.18 Å². The third kappa shape index (κ3) is 3.40. The predicted octanol–water partition coefficient (Wildman–Crippen LogP) is 4.16. The van der Waals surface area contributed by atoms with Gasteiger partial charge in [0.2, 0.25) is 0 Å². The average molecular weight is 409 g/mol. The number of nitrogens with one attached hydrogen (secondary N) is 1. The number of nitrogens with zero attached hydrogens (tertiary/aromatic N) is 2. The van der Waals surface area contributed by atoms with E-state index in [1.165, 1.54) is 11.4 Å². The first kappa shape index (κ1) is 19.5. The van der Waals surface area contributed by atoms with Crippen LogP contribution in [0.25, 0.3) is 0 Å². The van der Waals surface area contributed by atoms with Crippen molar-refractivity contribution in [3.63, 3.8) is 0 Å². The number of alkyl halides is 3. The number of halogens is 3. The largest absolute Gasteiger partial charge is 0.391 e. The maximum Gasteiger partial charge on any atom is 0.391 e. The lowest BCUT2D eigenvalue weighted by atomic mass is 9.76. The van der Waals surface area contributed by atoms with Crippen LogP contribution in [0.3, 0.4) is 0 Å². The number of ether oxygens (including phenoxy) is 1. The Morgan fingerprint density at radius 3 is 2.34 bits per heavy atom. The number of para-hydroxylation sites is 2. The molecule has 3 aliphatic heterocycles. The first-order chi connectivity index (χ1) is 13.9. The van der Waals surface area contributed by atoms with E-state index in [1.54, 1.807) is 0 Å². The zero-order valence-corrected chi connectivity index (χ0v) is 16.8. The normalized spacial score (nSPS) is 32.0. The minimum Gasteiger partial charge on any atom is -0.376 e. The highest BCUT2D eigenvalue weighted by atomic mass is 19.4. The lowest BCUT2D eigenvalue weighted by molar-refractivity contribution is -0.174. The monoisotopic (exact) mass is 409 g/mol. The highest BCUT2D eigenvalue weighted by molar-refractivity contribution is 5.73. The van der Waals surface area contributed by atoms with Crippen LogP contribution in [0.2, 0.25) is 0 Å². The Kier molecular flexibility index (Phi) is 4.74. The summed E-state index contributed by atoms with van der Waals surface area (Å²) in [7, 11) is 0. The van der Waals surface area contributed by atoms with Crippen molar-refractivity contribution in [2.45, 2.75) is 50.4 Å². The molecule has 4 fully saturated rings. The second-order valence-corrected chi connectivity index (χ2v) is 9.37. The molecular weight excluding hydrogens is 379 g/mol. The molecule has 29 heavy (non-hydrogen) atoms. The Hall–Kier alpha value is -1.47. The van der Waals surface area contributed by atoms with Crippen molar-refractivity contribution in [3.05, 3.63) is 24.3 Å². The van der Waals surface area contributed by atoms with Gasteiger partial charge in [0.25, 0.3) is 0 Å². The highest BCUT2D eigenvalue weighted by Crippen LogP contribution is 2.54. The Labute approximate surface area is 170 Å². The molecule has 2 atom stereocenters. The summed E-state index contributed by atoms with van der Waals surface area (Å²) in [5, 5.41) is 3.57. The summed E-state index contributed by atoms with van der Waals surface area (Å²) in [4.78, 5) is 4.85. The molecule has 0 radical (unpaired) electrons. The topological polar surface area (TPSA) is 27.7 Å². The minimum atomic E-state index is -4.03. The van der Waals surface area contributed by atoms with Gasteiger partial charge < -0.3 is 14.5 Å². The number of piperidine rings is 1. The molecule has 1 aromatic rings. The van der Waals surface area contributed by atoms with Crippen molar-refractivity contribution in [1.29, 1.82) is 0 Å². The van der Waals surface area contributed by atoms with E-state index < -0.39 is 12.1 Å². The zero-order chi connectivity index (χ0) is 20.1. The van der Waals surface area contributed by atoms with Gasteiger partial charge in [-0.2, -0.15) is 13.2 Å². The van der Waals surface area contributed by atoms with Gasteiger partial charge in [0.15, 0.2) is 0 Å². The van der Waals surface area contributed by atoms with E-state index in [0.717, 1.165) is 58.5 Å². The van der Waals surface area contributed by atoms with Gasteiger partial charge in [-0.15, -0.1) is 0 Å². The fourth-order valence-electron chi connectivity index (χ4n) is 5.93. The molecule has 4 aliphatic rings. The molecule has 0 bridgehead atoms. The second kappa shape index (κ2) is 7.05. The molecule has 1 aliphatic carbocycles. The smallest absolute Gasteiger partial charge is 0.376 e. The molecule has 1 aromatic carbocycles. The third-order valence-corrected chi connectivity index (χ3v) is 7.81. The van der Waals surface area contributed by atoms with Gasteiger partial charge in [-0.3, -0.25) is 5.32 Å².